The molecule has 0 fully saturated rings. The molecular weight excluding hydrogens is 446 g/mol. The number of carbonyl (C=O) groups is 1. The standard InChI is InChI=1S/C23H22BrN3O3/c1-30-18-6-2-5-16(13-18)15-25-22(28)8-4-12-27-21-14-17(24)9-10-19(21)26-11-3-7-20(26)23(27)29/h2-3,5-7,9-11,13-14H,4,8,12,15H2,1H3,(H,25,28). The summed E-state index contributed by atoms with van der Waals surface area (Å²) in [6, 6.07) is 17.2. The fourth-order valence-electron chi connectivity index (χ4n) is 3.62. The summed E-state index contributed by atoms with van der Waals surface area (Å²) in [6.45, 7) is 0.919. The number of carbonyl (C=O) groups excluding carboxylic acids is 1. The molecule has 0 spiro atoms. The quantitative estimate of drug-likeness (QED) is 0.444. The van der Waals surface area contributed by atoms with Gasteiger partial charge in [0.2, 0.25) is 5.91 Å². The molecule has 0 radical (unpaired) electrons. The molecule has 2 aromatic heterocycles. The molecule has 0 bridgehead atoms. The molecule has 7 heteroatoms. The Morgan fingerprint density at radius 3 is 2.77 bits per heavy atom. The monoisotopic (exact) mass is 467 g/mol. The minimum Gasteiger partial charge on any atom is -0.497 e. The zero-order chi connectivity index (χ0) is 21.1. The van der Waals surface area contributed by atoms with Crippen LogP contribution in [0.1, 0.15) is 18.4 Å². The molecule has 0 saturated heterocycles. The Bertz CT molecular complexity index is 1280. The first-order chi connectivity index (χ1) is 14.6. The summed E-state index contributed by atoms with van der Waals surface area (Å²) in [5.74, 6) is 0.722. The molecule has 2 aromatic carbocycles. The highest BCUT2D eigenvalue weighted by molar-refractivity contribution is 9.10. The van der Waals surface area contributed by atoms with Crippen LogP contribution in [-0.2, 0) is 17.9 Å². The van der Waals surface area contributed by atoms with Gasteiger partial charge in [0, 0.05) is 30.2 Å². The molecule has 0 aliphatic carbocycles. The zero-order valence-corrected chi connectivity index (χ0v) is 18.2. The van der Waals surface area contributed by atoms with Crippen LogP contribution in [0, 0.1) is 0 Å². The van der Waals surface area contributed by atoms with Crippen molar-refractivity contribution in [1.29, 1.82) is 0 Å². The molecule has 0 aliphatic heterocycles. The lowest BCUT2D eigenvalue weighted by atomic mass is 10.2. The Balaban J connectivity index is 1.45. The van der Waals surface area contributed by atoms with E-state index in [1.807, 2.05) is 65.2 Å². The number of hydrogen-bond donors (Lipinski definition) is 1. The zero-order valence-electron chi connectivity index (χ0n) is 16.6. The molecule has 4 rings (SSSR count). The second-order valence-electron chi connectivity index (χ2n) is 7.09. The first kappa shape index (κ1) is 20.2. The average molecular weight is 468 g/mol. The average Bonchev–Trinajstić information content (AvgIpc) is 3.25. The van der Waals surface area contributed by atoms with Crippen molar-refractivity contribution in [3.63, 3.8) is 0 Å². The maximum atomic E-state index is 13.0. The highest BCUT2D eigenvalue weighted by Gasteiger charge is 2.11. The fourth-order valence-corrected chi connectivity index (χ4v) is 3.97. The van der Waals surface area contributed by atoms with Crippen LogP contribution in [0.5, 0.6) is 5.75 Å². The lowest BCUT2D eigenvalue weighted by molar-refractivity contribution is -0.121. The summed E-state index contributed by atoms with van der Waals surface area (Å²) in [5, 5.41) is 2.93. The lowest BCUT2D eigenvalue weighted by Crippen LogP contribution is -2.25. The van der Waals surface area contributed by atoms with E-state index < -0.39 is 0 Å². The van der Waals surface area contributed by atoms with Crippen molar-refractivity contribution < 1.29 is 9.53 Å². The van der Waals surface area contributed by atoms with Crippen LogP contribution in [0.25, 0.3) is 16.6 Å². The molecule has 1 N–H and O–H groups in total. The number of nitrogens with zero attached hydrogens (tertiary/aromatic N) is 2. The van der Waals surface area contributed by atoms with Crippen molar-refractivity contribution in [3.05, 3.63) is 81.2 Å². The van der Waals surface area contributed by atoms with Gasteiger partial charge in [-0.25, -0.2) is 0 Å². The van der Waals surface area contributed by atoms with Crippen molar-refractivity contribution >= 4 is 38.4 Å². The summed E-state index contributed by atoms with van der Waals surface area (Å²) >= 11 is 3.49. The predicted molar refractivity (Wildman–Crippen MR) is 121 cm³/mol. The molecule has 6 nitrogen and oxygen atoms in total. The Labute approximate surface area is 182 Å². The van der Waals surface area contributed by atoms with E-state index in [1.54, 1.807) is 11.7 Å². The topological polar surface area (TPSA) is 64.7 Å². The number of aromatic nitrogens is 2. The van der Waals surface area contributed by atoms with Crippen molar-refractivity contribution in [2.75, 3.05) is 7.11 Å². The van der Waals surface area contributed by atoms with Gasteiger partial charge in [-0.15, -0.1) is 0 Å². The molecule has 30 heavy (non-hydrogen) atoms. The van der Waals surface area contributed by atoms with Gasteiger partial charge < -0.3 is 19.0 Å². The summed E-state index contributed by atoms with van der Waals surface area (Å²) < 4.78 is 9.77. The van der Waals surface area contributed by atoms with Crippen LogP contribution in [-0.4, -0.2) is 22.0 Å². The molecule has 0 saturated carbocycles. The van der Waals surface area contributed by atoms with E-state index in [4.69, 9.17) is 4.74 Å². The first-order valence-electron chi connectivity index (χ1n) is 9.75. The summed E-state index contributed by atoms with van der Waals surface area (Å²) in [5.41, 5.74) is 3.36. The predicted octanol–water partition coefficient (Wildman–Crippen LogP) is 4.12. The van der Waals surface area contributed by atoms with Gasteiger partial charge in [0.15, 0.2) is 0 Å². The number of amides is 1. The number of ether oxygens (including phenoxy) is 1. The van der Waals surface area contributed by atoms with E-state index >= 15 is 0 Å². The summed E-state index contributed by atoms with van der Waals surface area (Å²) in [7, 11) is 1.62. The van der Waals surface area contributed by atoms with Crippen LogP contribution >= 0.6 is 15.9 Å². The largest absolute Gasteiger partial charge is 0.497 e. The van der Waals surface area contributed by atoms with Crippen LogP contribution in [0.2, 0.25) is 0 Å². The Morgan fingerprint density at radius 2 is 1.93 bits per heavy atom. The minimum absolute atomic E-state index is 0.0416. The van der Waals surface area contributed by atoms with E-state index in [1.165, 1.54) is 0 Å². The van der Waals surface area contributed by atoms with Crippen molar-refractivity contribution in [2.45, 2.75) is 25.9 Å². The Hall–Kier alpha value is -3.06. The van der Waals surface area contributed by atoms with Gasteiger partial charge in [0.25, 0.3) is 5.56 Å². The Morgan fingerprint density at radius 1 is 1.07 bits per heavy atom. The number of benzene rings is 2. The van der Waals surface area contributed by atoms with Gasteiger partial charge in [0.1, 0.15) is 11.3 Å². The summed E-state index contributed by atoms with van der Waals surface area (Å²) in [6.07, 6.45) is 2.81. The van der Waals surface area contributed by atoms with E-state index in [2.05, 4.69) is 21.2 Å². The van der Waals surface area contributed by atoms with E-state index in [-0.39, 0.29) is 11.5 Å². The highest BCUT2D eigenvalue weighted by Crippen LogP contribution is 2.20. The number of fused-ring (bicyclic) bond motifs is 3. The van der Waals surface area contributed by atoms with E-state index in [0.29, 0.717) is 31.4 Å². The molecule has 4 aromatic rings. The lowest BCUT2D eigenvalue weighted by Gasteiger charge is -2.13. The number of rotatable bonds is 7. The van der Waals surface area contributed by atoms with Gasteiger partial charge in [-0.2, -0.15) is 0 Å². The second kappa shape index (κ2) is 8.75. The summed E-state index contributed by atoms with van der Waals surface area (Å²) in [4.78, 5) is 25.3. The Kier molecular flexibility index (Phi) is 5.90. The van der Waals surface area contributed by atoms with Gasteiger partial charge in [-0.05, 0) is 54.4 Å². The molecule has 2 heterocycles. The number of halogens is 1. The molecule has 1 amide bonds. The number of methoxy groups -OCH3 is 1. The smallest absolute Gasteiger partial charge is 0.275 e. The van der Waals surface area contributed by atoms with Crippen molar-refractivity contribution in [2.24, 2.45) is 0 Å². The molecule has 0 unspecified atom stereocenters. The van der Waals surface area contributed by atoms with Crippen LogP contribution in [0.4, 0.5) is 0 Å². The second-order valence-corrected chi connectivity index (χ2v) is 8.00. The molecular formula is C23H22BrN3O3. The van der Waals surface area contributed by atoms with Gasteiger partial charge in [-0.3, -0.25) is 9.59 Å². The van der Waals surface area contributed by atoms with Gasteiger partial charge >= 0.3 is 0 Å². The van der Waals surface area contributed by atoms with Crippen molar-refractivity contribution in [3.8, 4) is 5.75 Å². The van der Waals surface area contributed by atoms with Crippen LogP contribution in [0.15, 0.2) is 70.1 Å². The number of hydrogen-bond acceptors (Lipinski definition) is 3. The SMILES string of the molecule is COc1cccc(CNC(=O)CCCn2c(=O)c3cccn3c3ccc(Br)cc32)c1. The van der Waals surface area contributed by atoms with E-state index in [0.717, 1.165) is 26.8 Å². The molecule has 154 valence electrons. The maximum Gasteiger partial charge on any atom is 0.275 e. The number of nitrogens with one attached hydrogen (secondary N) is 1. The molecule has 0 atom stereocenters. The fraction of sp³-hybridized carbons (Fsp3) is 0.217. The van der Waals surface area contributed by atoms with Gasteiger partial charge in [0.05, 0.1) is 18.1 Å². The van der Waals surface area contributed by atoms with E-state index in [9.17, 15) is 9.59 Å². The highest BCUT2D eigenvalue weighted by atomic mass is 79.9. The minimum atomic E-state index is -0.0533. The third-order valence-electron chi connectivity index (χ3n) is 5.11. The maximum absolute atomic E-state index is 13.0. The van der Waals surface area contributed by atoms with Crippen LogP contribution in [0.3, 0.4) is 0 Å². The third kappa shape index (κ3) is 4.11. The number of aryl methyl sites for hydroxylation is 1. The normalized spacial score (nSPS) is 11.1. The first-order valence-corrected chi connectivity index (χ1v) is 10.5. The van der Waals surface area contributed by atoms with Crippen LogP contribution < -0.4 is 15.6 Å². The van der Waals surface area contributed by atoms with Crippen molar-refractivity contribution in [1.82, 2.24) is 14.3 Å². The van der Waals surface area contributed by atoms with Gasteiger partial charge in [-0.1, -0.05) is 28.1 Å². The third-order valence-corrected chi connectivity index (χ3v) is 5.60. The molecule has 0 aliphatic rings.